The van der Waals surface area contributed by atoms with Crippen LogP contribution in [0.5, 0.6) is 0 Å². The maximum atomic E-state index is 14.2. The van der Waals surface area contributed by atoms with E-state index in [9.17, 15) is 19.2 Å². The van der Waals surface area contributed by atoms with Crippen molar-refractivity contribution in [2.24, 2.45) is 11.8 Å². The van der Waals surface area contributed by atoms with Crippen molar-refractivity contribution in [2.45, 2.75) is 58.2 Å². The number of urea groups is 1. The lowest BCUT2D eigenvalue weighted by atomic mass is 9.77. The minimum atomic E-state index is -1.43. The van der Waals surface area contributed by atoms with E-state index < -0.39 is 40.9 Å². The number of carbonyl (C=O) groups is 4. The Balaban J connectivity index is 1.75. The number of halogens is 1. The summed E-state index contributed by atoms with van der Waals surface area (Å²) in [4.78, 5) is 60.0. The highest BCUT2D eigenvalue weighted by Gasteiger charge is 2.77. The summed E-state index contributed by atoms with van der Waals surface area (Å²) in [6.07, 6.45) is 0.227. The number of hydrogen-bond donors (Lipinski definition) is 0. The second-order valence-electron chi connectivity index (χ2n) is 10.6. The van der Waals surface area contributed by atoms with Gasteiger partial charge in [-0.2, -0.15) is 0 Å². The Bertz CT molecular complexity index is 1270. The standard InChI is InChI=1S/C27H28BrN3O4/c1-6-27-20-19(22(32)31(23(20)33)26(3,4)5)21(16-10-12-17(28)13-11-16)30(27)25(35)29(24(27)34)18-9-7-8-15(2)14-18/h7-14,19-21H,6H2,1-5H3/t19?,20?,21?,27-/m1/s1. The first-order valence-electron chi connectivity index (χ1n) is 11.8. The fraction of sp³-hybridized carbons (Fsp3) is 0.407. The normalized spacial score (nSPS) is 28.3. The molecule has 35 heavy (non-hydrogen) atoms. The van der Waals surface area contributed by atoms with E-state index in [0.29, 0.717) is 5.69 Å². The molecule has 0 saturated carbocycles. The first-order valence-corrected chi connectivity index (χ1v) is 12.6. The van der Waals surface area contributed by atoms with Gasteiger partial charge < -0.3 is 4.90 Å². The summed E-state index contributed by atoms with van der Waals surface area (Å²) < 4.78 is 0.855. The van der Waals surface area contributed by atoms with Crippen LogP contribution in [0, 0.1) is 18.8 Å². The smallest absolute Gasteiger partial charge is 0.300 e. The van der Waals surface area contributed by atoms with Crippen molar-refractivity contribution in [3.8, 4) is 0 Å². The van der Waals surface area contributed by atoms with E-state index in [1.807, 2.05) is 65.0 Å². The second-order valence-corrected chi connectivity index (χ2v) is 11.5. The van der Waals surface area contributed by atoms with Crippen molar-refractivity contribution in [3.63, 3.8) is 0 Å². The first-order chi connectivity index (χ1) is 16.4. The highest BCUT2D eigenvalue weighted by Crippen LogP contribution is 2.60. The molecule has 3 unspecified atom stereocenters. The largest absolute Gasteiger partial charge is 0.332 e. The monoisotopic (exact) mass is 537 g/mol. The zero-order valence-electron chi connectivity index (χ0n) is 20.4. The number of fused-ring (bicyclic) bond motifs is 3. The molecule has 3 saturated heterocycles. The van der Waals surface area contributed by atoms with Gasteiger partial charge in [0.25, 0.3) is 5.91 Å². The van der Waals surface area contributed by atoms with Crippen molar-refractivity contribution in [3.05, 3.63) is 64.1 Å². The van der Waals surface area contributed by atoms with Crippen LogP contribution in [0.25, 0.3) is 0 Å². The van der Waals surface area contributed by atoms with Crippen molar-refractivity contribution >= 4 is 45.4 Å². The van der Waals surface area contributed by atoms with Crippen LogP contribution >= 0.6 is 15.9 Å². The molecule has 7 nitrogen and oxygen atoms in total. The number of hydrogen-bond acceptors (Lipinski definition) is 4. The van der Waals surface area contributed by atoms with Gasteiger partial charge in [0.2, 0.25) is 11.8 Å². The summed E-state index contributed by atoms with van der Waals surface area (Å²) >= 11 is 3.44. The highest BCUT2D eigenvalue weighted by molar-refractivity contribution is 9.10. The molecule has 0 radical (unpaired) electrons. The number of anilines is 1. The molecule has 3 aliphatic heterocycles. The van der Waals surface area contributed by atoms with Crippen LogP contribution in [0.3, 0.4) is 0 Å². The lowest BCUT2D eigenvalue weighted by Gasteiger charge is -2.37. The molecule has 3 aliphatic rings. The van der Waals surface area contributed by atoms with Crippen LogP contribution in [-0.2, 0) is 14.4 Å². The quantitative estimate of drug-likeness (QED) is 0.415. The van der Waals surface area contributed by atoms with Crippen LogP contribution in [0.15, 0.2) is 53.0 Å². The zero-order valence-corrected chi connectivity index (χ0v) is 22.0. The summed E-state index contributed by atoms with van der Waals surface area (Å²) in [7, 11) is 0. The number of carbonyl (C=O) groups excluding carboxylic acids is 4. The Morgan fingerprint density at radius 1 is 0.971 bits per heavy atom. The molecule has 0 aromatic heterocycles. The van der Waals surface area contributed by atoms with E-state index >= 15 is 0 Å². The number of benzene rings is 2. The fourth-order valence-electron chi connectivity index (χ4n) is 6.20. The molecule has 3 fully saturated rings. The van der Waals surface area contributed by atoms with E-state index in [0.717, 1.165) is 15.6 Å². The summed E-state index contributed by atoms with van der Waals surface area (Å²) in [5.41, 5.74) is -0.0741. The average Bonchev–Trinajstić information content (AvgIpc) is 3.32. The Kier molecular flexibility index (Phi) is 5.25. The predicted molar refractivity (Wildman–Crippen MR) is 134 cm³/mol. The molecule has 4 atom stereocenters. The molecule has 182 valence electrons. The third-order valence-electron chi connectivity index (χ3n) is 7.57. The number of amides is 5. The predicted octanol–water partition coefficient (Wildman–Crippen LogP) is 4.83. The van der Waals surface area contributed by atoms with Crippen molar-refractivity contribution in [1.82, 2.24) is 9.80 Å². The summed E-state index contributed by atoms with van der Waals surface area (Å²) in [5, 5.41) is 0. The Hall–Kier alpha value is -3.00. The lowest BCUT2D eigenvalue weighted by Crippen LogP contribution is -2.55. The van der Waals surface area contributed by atoms with Gasteiger partial charge >= 0.3 is 6.03 Å². The molecule has 5 rings (SSSR count). The van der Waals surface area contributed by atoms with Gasteiger partial charge in [0.05, 0.1) is 23.6 Å². The second kappa shape index (κ2) is 7.75. The third kappa shape index (κ3) is 3.08. The van der Waals surface area contributed by atoms with Gasteiger partial charge in [-0.05, 0) is 69.5 Å². The minimum absolute atomic E-state index is 0.227. The zero-order chi connectivity index (χ0) is 25.4. The van der Waals surface area contributed by atoms with E-state index in [1.54, 1.807) is 18.2 Å². The van der Waals surface area contributed by atoms with Crippen LogP contribution in [-0.4, -0.2) is 44.6 Å². The SMILES string of the molecule is CC[C@@]12C(=O)N(c3cccc(C)c3)C(=O)N1C(c1ccc(Br)cc1)C1C(=O)N(C(C)(C)C)C(=O)C12. The number of rotatable bonds is 3. The highest BCUT2D eigenvalue weighted by atomic mass is 79.9. The van der Waals surface area contributed by atoms with Gasteiger partial charge in [0, 0.05) is 10.0 Å². The minimum Gasteiger partial charge on any atom is -0.300 e. The summed E-state index contributed by atoms with van der Waals surface area (Å²) in [6.45, 7) is 9.16. The van der Waals surface area contributed by atoms with Crippen molar-refractivity contribution in [2.75, 3.05) is 4.90 Å². The maximum absolute atomic E-state index is 14.2. The molecular formula is C27H28BrN3O4. The van der Waals surface area contributed by atoms with E-state index in [4.69, 9.17) is 0 Å². The molecule has 3 heterocycles. The average molecular weight is 538 g/mol. The van der Waals surface area contributed by atoms with Crippen molar-refractivity contribution in [1.29, 1.82) is 0 Å². The van der Waals surface area contributed by atoms with Crippen molar-refractivity contribution < 1.29 is 19.2 Å². The van der Waals surface area contributed by atoms with E-state index in [-0.39, 0.29) is 18.2 Å². The number of nitrogens with zero attached hydrogens (tertiary/aromatic N) is 3. The van der Waals surface area contributed by atoms with Crippen LogP contribution in [0.1, 0.15) is 51.3 Å². The molecule has 0 N–H and O–H groups in total. The first kappa shape index (κ1) is 23.7. The molecule has 0 bridgehead atoms. The van der Waals surface area contributed by atoms with Gasteiger partial charge in [-0.25, -0.2) is 9.69 Å². The van der Waals surface area contributed by atoms with Gasteiger partial charge in [-0.1, -0.05) is 47.1 Å². The Morgan fingerprint density at radius 3 is 2.20 bits per heavy atom. The maximum Gasteiger partial charge on any atom is 0.332 e. The van der Waals surface area contributed by atoms with Gasteiger partial charge in [-0.15, -0.1) is 0 Å². The topological polar surface area (TPSA) is 78.0 Å². The number of imide groups is 2. The van der Waals surface area contributed by atoms with Gasteiger partial charge in [0.15, 0.2) is 0 Å². The molecular weight excluding hydrogens is 510 g/mol. The van der Waals surface area contributed by atoms with Crippen LogP contribution in [0.2, 0.25) is 0 Å². The van der Waals surface area contributed by atoms with E-state index in [1.165, 1.54) is 14.7 Å². The van der Waals surface area contributed by atoms with Gasteiger partial charge in [0.1, 0.15) is 5.54 Å². The molecule has 2 aromatic carbocycles. The molecule has 2 aromatic rings. The van der Waals surface area contributed by atoms with E-state index in [2.05, 4.69) is 15.9 Å². The number of likely N-dealkylation sites (tertiary alicyclic amines) is 1. The van der Waals surface area contributed by atoms with Crippen LogP contribution < -0.4 is 4.90 Å². The molecule has 0 aliphatic carbocycles. The summed E-state index contributed by atoms with van der Waals surface area (Å²) in [6, 6.07) is 13.4. The Labute approximate surface area is 213 Å². The fourth-order valence-corrected chi connectivity index (χ4v) is 6.46. The number of aryl methyl sites for hydroxylation is 1. The van der Waals surface area contributed by atoms with Gasteiger partial charge in [-0.3, -0.25) is 19.3 Å². The molecule has 5 amide bonds. The Morgan fingerprint density at radius 2 is 1.63 bits per heavy atom. The molecule has 0 spiro atoms. The molecule has 8 heteroatoms. The lowest BCUT2D eigenvalue weighted by molar-refractivity contribution is -0.149. The summed E-state index contributed by atoms with van der Waals surface area (Å²) in [5.74, 6) is -2.92. The third-order valence-corrected chi connectivity index (χ3v) is 8.09. The van der Waals surface area contributed by atoms with Crippen LogP contribution in [0.4, 0.5) is 10.5 Å².